The molecule has 0 amide bonds. The van der Waals surface area contributed by atoms with Crippen molar-refractivity contribution in [3.8, 4) is 11.3 Å². The quantitative estimate of drug-likeness (QED) is 0.385. The van der Waals surface area contributed by atoms with Crippen molar-refractivity contribution >= 4 is 16.6 Å². The minimum atomic E-state index is -4.37. The van der Waals surface area contributed by atoms with Crippen LogP contribution in [-0.4, -0.2) is 17.2 Å². The Labute approximate surface area is 171 Å². The van der Waals surface area contributed by atoms with E-state index in [1.165, 1.54) is 12.1 Å². The molecule has 0 fully saturated rings. The van der Waals surface area contributed by atoms with E-state index in [4.69, 9.17) is 9.98 Å². The lowest BCUT2D eigenvalue weighted by Crippen LogP contribution is -2.17. The Kier molecular flexibility index (Phi) is 4.39. The molecule has 1 aromatic heterocycles. The van der Waals surface area contributed by atoms with Crippen LogP contribution in [0.5, 0.6) is 0 Å². The van der Waals surface area contributed by atoms with Crippen molar-refractivity contribution in [3.63, 3.8) is 0 Å². The highest BCUT2D eigenvalue weighted by Crippen LogP contribution is 2.36. The summed E-state index contributed by atoms with van der Waals surface area (Å²) in [6.45, 7) is 0.664. The molecule has 5 heteroatoms. The third kappa shape index (κ3) is 3.16. The lowest BCUT2D eigenvalue weighted by molar-refractivity contribution is -0.137. The van der Waals surface area contributed by atoms with Crippen molar-refractivity contribution < 1.29 is 13.2 Å². The van der Waals surface area contributed by atoms with Gasteiger partial charge in [-0.05, 0) is 30.2 Å². The summed E-state index contributed by atoms with van der Waals surface area (Å²) in [6, 6.07) is 23.0. The first kappa shape index (κ1) is 18.6. The molecule has 0 saturated heterocycles. The van der Waals surface area contributed by atoms with E-state index >= 15 is 0 Å². The van der Waals surface area contributed by atoms with Crippen LogP contribution in [-0.2, 0) is 12.6 Å². The fourth-order valence-corrected chi connectivity index (χ4v) is 4.01. The van der Waals surface area contributed by atoms with Gasteiger partial charge in [-0.15, -0.1) is 0 Å². The molecule has 0 bridgehead atoms. The molecule has 0 radical (unpaired) electrons. The third-order valence-electron chi connectivity index (χ3n) is 5.40. The Morgan fingerprint density at radius 2 is 1.43 bits per heavy atom. The molecular weight excluding hydrogens is 385 g/mol. The molecule has 0 saturated carbocycles. The number of hydrogen-bond donors (Lipinski definition) is 0. The topological polar surface area (TPSA) is 25.2 Å². The number of aliphatic imine (C=N–C) groups is 1. The number of halogens is 3. The maximum absolute atomic E-state index is 13.1. The van der Waals surface area contributed by atoms with Crippen molar-refractivity contribution in [3.05, 3.63) is 101 Å². The summed E-state index contributed by atoms with van der Waals surface area (Å²) >= 11 is 0. The lowest BCUT2D eigenvalue weighted by Gasteiger charge is -2.22. The summed E-state index contributed by atoms with van der Waals surface area (Å²) in [5.74, 6) is 0. The standard InChI is InChI=1S/C25H17F3N2/c26-25(27,28)18-12-10-17(11-13-18)24-22-20(19-8-4-5-9-21(19)30-24)14-15-29-23(22)16-6-2-1-3-7-16/h1-13H,14-15H2. The second-order valence-corrected chi connectivity index (χ2v) is 7.25. The molecule has 0 N–H and O–H groups in total. The van der Waals surface area contributed by atoms with Gasteiger partial charge in [0, 0.05) is 28.6 Å². The Balaban J connectivity index is 1.78. The summed E-state index contributed by atoms with van der Waals surface area (Å²) in [7, 11) is 0. The predicted octanol–water partition coefficient (Wildman–Crippen LogP) is 6.31. The summed E-state index contributed by atoms with van der Waals surface area (Å²) in [5, 5.41) is 1.06. The summed E-state index contributed by atoms with van der Waals surface area (Å²) in [6.07, 6.45) is -3.60. The maximum atomic E-state index is 13.1. The van der Waals surface area contributed by atoms with E-state index in [0.29, 0.717) is 17.8 Å². The zero-order valence-corrected chi connectivity index (χ0v) is 15.9. The Morgan fingerprint density at radius 1 is 0.733 bits per heavy atom. The smallest absolute Gasteiger partial charge is 0.284 e. The van der Waals surface area contributed by atoms with Crippen LogP contribution in [0.15, 0.2) is 83.9 Å². The van der Waals surface area contributed by atoms with Crippen molar-refractivity contribution in [2.24, 2.45) is 4.99 Å². The normalized spacial score (nSPS) is 13.8. The summed E-state index contributed by atoms with van der Waals surface area (Å²) < 4.78 is 39.2. The van der Waals surface area contributed by atoms with Gasteiger partial charge in [0.2, 0.25) is 0 Å². The van der Waals surface area contributed by atoms with Crippen molar-refractivity contribution in [2.75, 3.05) is 6.54 Å². The molecular formula is C25H17F3N2. The molecule has 148 valence electrons. The molecule has 0 spiro atoms. The molecule has 4 aromatic rings. The second-order valence-electron chi connectivity index (χ2n) is 7.25. The van der Waals surface area contributed by atoms with Gasteiger partial charge in [-0.2, -0.15) is 13.2 Å². The number of hydrogen-bond acceptors (Lipinski definition) is 2. The molecule has 2 heterocycles. The highest BCUT2D eigenvalue weighted by molar-refractivity contribution is 6.19. The zero-order chi connectivity index (χ0) is 20.7. The van der Waals surface area contributed by atoms with Crippen LogP contribution in [0.4, 0.5) is 13.2 Å². The van der Waals surface area contributed by atoms with E-state index in [-0.39, 0.29) is 0 Å². The molecule has 0 aliphatic carbocycles. The van der Waals surface area contributed by atoms with Gasteiger partial charge in [0.05, 0.1) is 22.5 Å². The monoisotopic (exact) mass is 402 g/mol. The van der Waals surface area contributed by atoms with Gasteiger partial charge in [0.25, 0.3) is 0 Å². The molecule has 2 nitrogen and oxygen atoms in total. The summed E-state index contributed by atoms with van der Waals surface area (Å²) in [4.78, 5) is 9.65. The van der Waals surface area contributed by atoms with Gasteiger partial charge in [-0.3, -0.25) is 4.99 Å². The molecule has 3 aromatic carbocycles. The fraction of sp³-hybridized carbons (Fsp3) is 0.120. The van der Waals surface area contributed by atoms with Crippen LogP contribution in [0.25, 0.3) is 22.2 Å². The van der Waals surface area contributed by atoms with Crippen molar-refractivity contribution in [2.45, 2.75) is 12.6 Å². The molecule has 0 atom stereocenters. The van der Waals surface area contributed by atoms with E-state index in [1.54, 1.807) is 0 Å². The Bertz CT molecular complexity index is 1260. The first-order valence-electron chi connectivity index (χ1n) is 9.72. The van der Waals surface area contributed by atoms with Gasteiger partial charge in [0.1, 0.15) is 0 Å². The number of rotatable bonds is 2. The van der Waals surface area contributed by atoms with Crippen LogP contribution >= 0.6 is 0 Å². The van der Waals surface area contributed by atoms with Crippen LogP contribution in [0.3, 0.4) is 0 Å². The average Bonchev–Trinajstić information content (AvgIpc) is 2.78. The van der Waals surface area contributed by atoms with Gasteiger partial charge in [-0.1, -0.05) is 60.7 Å². The minimum Gasteiger partial charge on any atom is -0.284 e. The number of benzene rings is 3. The number of alkyl halides is 3. The number of fused-ring (bicyclic) bond motifs is 3. The summed E-state index contributed by atoms with van der Waals surface area (Å²) in [5.41, 5.74) is 5.34. The zero-order valence-electron chi connectivity index (χ0n) is 15.9. The first-order chi connectivity index (χ1) is 14.5. The van der Waals surface area contributed by atoms with Gasteiger partial charge >= 0.3 is 6.18 Å². The third-order valence-corrected chi connectivity index (χ3v) is 5.40. The molecule has 30 heavy (non-hydrogen) atoms. The SMILES string of the molecule is FC(F)(F)c1ccc(-c2nc3ccccc3c3c2C(c2ccccc2)=NCC3)cc1. The largest absolute Gasteiger partial charge is 0.416 e. The lowest BCUT2D eigenvalue weighted by atomic mass is 9.87. The van der Waals surface area contributed by atoms with Crippen LogP contribution in [0.1, 0.15) is 22.3 Å². The molecule has 0 unspecified atom stereocenters. The molecule has 1 aliphatic heterocycles. The van der Waals surface area contributed by atoms with Gasteiger partial charge < -0.3 is 0 Å². The van der Waals surface area contributed by atoms with Gasteiger partial charge in [0.15, 0.2) is 0 Å². The first-order valence-corrected chi connectivity index (χ1v) is 9.72. The predicted molar refractivity (Wildman–Crippen MR) is 113 cm³/mol. The van der Waals surface area contributed by atoms with Gasteiger partial charge in [-0.25, -0.2) is 4.98 Å². The Hall–Kier alpha value is -3.47. The highest BCUT2D eigenvalue weighted by atomic mass is 19.4. The van der Waals surface area contributed by atoms with Crippen molar-refractivity contribution in [1.29, 1.82) is 0 Å². The maximum Gasteiger partial charge on any atom is 0.416 e. The van der Waals surface area contributed by atoms with Crippen LogP contribution < -0.4 is 0 Å². The number of aromatic nitrogens is 1. The van der Waals surface area contributed by atoms with E-state index in [2.05, 4.69) is 0 Å². The van der Waals surface area contributed by atoms with E-state index < -0.39 is 11.7 Å². The number of pyridine rings is 1. The van der Waals surface area contributed by atoms with Crippen molar-refractivity contribution in [1.82, 2.24) is 4.98 Å². The highest BCUT2D eigenvalue weighted by Gasteiger charge is 2.30. The average molecular weight is 402 g/mol. The number of para-hydroxylation sites is 1. The van der Waals surface area contributed by atoms with E-state index in [0.717, 1.165) is 51.9 Å². The number of nitrogens with zero attached hydrogens (tertiary/aromatic N) is 2. The van der Waals surface area contributed by atoms with E-state index in [9.17, 15) is 13.2 Å². The minimum absolute atomic E-state index is 0.649. The fourth-order valence-electron chi connectivity index (χ4n) is 4.01. The molecule has 1 aliphatic rings. The second kappa shape index (κ2) is 7.10. The molecule has 5 rings (SSSR count). The van der Waals surface area contributed by atoms with Crippen LogP contribution in [0.2, 0.25) is 0 Å². The van der Waals surface area contributed by atoms with E-state index in [1.807, 2.05) is 54.6 Å². The Morgan fingerprint density at radius 3 is 2.17 bits per heavy atom. The van der Waals surface area contributed by atoms with Crippen LogP contribution in [0, 0.1) is 0 Å².